The summed E-state index contributed by atoms with van der Waals surface area (Å²) < 4.78 is 74.5. The second-order valence-corrected chi connectivity index (χ2v) is 9.00. The van der Waals surface area contributed by atoms with Gasteiger partial charge < -0.3 is 9.47 Å². The summed E-state index contributed by atoms with van der Waals surface area (Å²) in [6.45, 7) is -0.486. The first-order valence-electron chi connectivity index (χ1n) is 8.51. The number of carbonyl (C=O) groups is 1. The fourth-order valence-electron chi connectivity index (χ4n) is 2.37. The van der Waals surface area contributed by atoms with Crippen LogP contribution in [0.3, 0.4) is 0 Å². The highest BCUT2D eigenvalue weighted by Gasteiger charge is 2.32. The molecule has 1 aromatic carbocycles. The quantitative estimate of drug-likeness (QED) is 0.403. The summed E-state index contributed by atoms with van der Waals surface area (Å²) in [6, 6.07) is 4.41. The van der Waals surface area contributed by atoms with Crippen LogP contribution in [0.4, 0.5) is 13.2 Å². The summed E-state index contributed by atoms with van der Waals surface area (Å²) >= 11 is 12.0. The third kappa shape index (κ3) is 6.30. The number of sulfonamides is 1. The van der Waals surface area contributed by atoms with Crippen molar-refractivity contribution in [2.45, 2.75) is 11.1 Å². The normalized spacial score (nSPS) is 12.3. The lowest BCUT2D eigenvalue weighted by atomic mass is 10.1. The molecule has 2 rings (SSSR count). The van der Waals surface area contributed by atoms with Crippen molar-refractivity contribution in [3.63, 3.8) is 0 Å². The van der Waals surface area contributed by atoms with E-state index in [4.69, 9.17) is 32.7 Å². The van der Waals surface area contributed by atoms with Gasteiger partial charge in [0.05, 0.1) is 27.9 Å². The maximum Gasteiger partial charge on any atom is 0.417 e. The number of aromatic nitrogens is 1. The van der Waals surface area contributed by atoms with Crippen LogP contribution in [0, 0.1) is 0 Å². The molecule has 0 spiro atoms. The fraction of sp³-hybridized carbons (Fsp3) is 0.333. The molecule has 0 amide bonds. The third-order valence-corrected chi connectivity index (χ3v) is 6.54. The zero-order valence-corrected chi connectivity index (χ0v) is 18.6. The van der Waals surface area contributed by atoms with Crippen LogP contribution in [-0.2, 0) is 30.5 Å². The molecule has 0 fully saturated rings. The topological polar surface area (TPSA) is 85.8 Å². The maximum atomic E-state index is 12.9. The van der Waals surface area contributed by atoms with Crippen molar-refractivity contribution in [1.82, 2.24) is 9.29 Å². The van der Waals surface area contributed by atoms with Crippen LogP contribution in [0.5, 0.6) is 0 Å². The molecular formula is C18H17Cl2F3N2O5S. The zero-order valence-electron chi connectivity index (χ0n) is 16.2. The Morgan fingerprint density at radius 3 is 2.42 bits per heavy atom. The minimum atomic E-state index is -4.63. The van der Waals surface area contributed by atoms with Gasteiger partial charge in [-0.1, -0.05) is 29.3 Å². The Morgan fingerprint density at radius 2 is 1.84 bits per heavy atom. The Morgan fingerprint density at radius 1 is 1.16 bits per heavy atom. The second kappa shape index (κ2) is 10.1. The molecule has 0 unspecified atom stereocenters. The highest BCUT2D eigenvalue weighted by atomic mass is 35.5. The summed E-state index contributed by atoms with van der Waals surface area (Å²) in [7, 11) is -1.69. The number of hydrogen-bond donors (Lipinski definition) is 0. The van der Waals surface area contributed by atoms with Crippen LogP contribution >= 0.6 is 23.2 Å². The third-order valence-electron chi connectivity index (χ3n) is 3.96. The Kier molecular flexibility index (Phi) is 8.28. The molecule has 13 heteroatoms. The number of rotatable bonds is 8. The average molecular weight is 501 g/mol. The van der Waals surface area contributed by atoms with E-state index < -0.39 is 34.3 Å². The van der Waals surface area contributed by atoms with Gasteiger partial charge in [0.1, 0.15) is 18.0 Å². The van der Waals surface area contributed by atoms with Gasteiger partial charge in [0.15, 0.2) is 0 Å². The molecule has 1 heterocycles. The van der Waals surface area contributed by atoms with E-state index in [1.165, 1.54) is 19.2 Å². The second-order valence-electron chi connectivity index (χ2n) is 6.17. The number of ether oxygens (including phenoxy) is 2. The molecule has 0 N–H and O–H groups in total. The number of likely N-dealkylation sites (N-methyl/N-ethyl adjacent to an activating group) is 1. The molecule has 1 aromatic heterocycles. The molecule has 0 bridgehead atoms. The Balaban J connectivity index is 2.35. The van der Waals surface area contributed by atoms with Crippen molar-refractivity contribution < 1.29 is 35.9 Å². The molecule has 170 valence electrons. The highest BCUT2D eigenvalue weighted by molar-refractivity contribution is 7.89. The summed E-state index contributed by atoms with van der Waals surface area (Å²) in [5, 5.41) is -0.484. The summed E-state index contributed by atoms with van der Waals surface area (Å²) in [5.41, 5.74) is -0.989. The number of carbonyl (C=O) groups excluding carboxylic acids is 1. The van der Waals surface area contributed by atoms with Gasteiger partial charge in [-0.25, -0.2) is 8.42 Å². The first kappa shape index (κ1) is 25.3. The largest absolute Gasteiger partial charge is 0.462 e. The van der Waals surface area contributed by atoms with Gasteiger partial charge in [-0.15, -0.1) is 0 Å². The van der Waals surface area contributed by atoms with Crippen molar-refractivity contribution in [3.05, 3.63) is 46.1 Å². The molecule has 31 heavy (non-hydrogen) atoms. The predicted molar refractivity (Wildman–Crippen MR) is 107 cm³/mol. The van der Waals surface area contributed by atoms with Crippen LogP contribution in [0.15, 0.2) is 35.4 Å². The van der Waals surface area contributed by atoms with Crippen molar-refractivity contribution in [2.75, 3.05) is 33.9 Å². The van der Waals surface area contributed by atoms with Gasteiger partial charge in [0.25, 0.3) is 0 Å². The average Bonchev–Trinajstić information content (AvgIpc) is 2.67. The van der Waals surface area contributed by atoms with Gasteiger partial charge in [0, 0.05) is 25.9 Å². The molecule has 2 aromatic rings. The predicted octanol–water partition coefficient (Wildman–Crippen LogP) is 3.88. The van der Waals surface area contributed by atoms with Crippen LogP contribution in [-0.4, -0.2) is 57.6 Å². The lowest BCUT2D eigenvalue weighted by Crippen LogP contribution is -2.33. The SMILES string of the molecule is COCCOC(=O)CN(C)S(=O)(=O)c1cc(-c2ncc(C(F)(F)F)cc2Cl)ccc1Cl. The van der Waals surface area contributed by atoms with Crippen LogP contribution in [0.2, 0.25) is 10.0 Å². The molecule has 0 aliphatic carbocycles. The molecule has 7 nitrogen and oxygen atoms in total. The number of halogens is 5. The number of hydrogen-bond acceptors (Lipinski definition) is 6. The van der Waals surface area contributed by atoms with Gasteiger partial charge in [-0.05, 0) is 18.2 Å². The number of esters is 1. The minimum absolute atomic E-state index is 0.0441. The van der Waals surface area contributed by atoms with Crippen molar-refractivity contribution in [1.29, 1.82) is 0 Å². The maximum absolute atomic E-state index is 12.9. The van der Waals surface area contributed by atoms with Crippen molar-refractivity contribution in [2.24, 2.45) is 0 Å². The summed E-state index contributed by atoms with van der Waals surface area (Å²) in [4.78, 5) is 15.1. The van der Waals surface area contributed by atoms with Crippen molar-refractivity contribution in [3.8, 4) is 11.3 Å². The van der Waals surface area contributed by atoms with E-state index in [-0.39, 0.29) is 39.4 Å². The van der Waals surface area contributed by atoms with Gasteiger partial charge in [0.2, 0.25) is 10.0 Å². The molecule has 0 saturated heterocycles. The van der Waals surface area contributed by atoms with E-state index in [1.54, 1.807) is 0 Å². The summed E-state index contributed by atoms with van der Waals surface area (Å²) in [5.74, 6) is -0.803. The molecule has 0 atom stereocenters. The van der Waals surface area contributed by atoms with E-state index in [9.17, 15) is 26.4 Å². The molecule has 0 saturated carbocycles. The number of pyridine rings is 1. The summed E-state index contributed by atoms with van der Waals surface area (Å²) in [6.07, 6.45) is -4.05. The van der Waals surface area contributed by atoms with Crippen LogP contribution < -0.4 is 0 Å². The molecular weight excluding hydrogens is 484 g/mol. The van der Waals surface area contributed by atoms with E-state index in [0.717, 1.165) is 17.4 Å². The van der Waals surface area contributed by atoms with E-state index in [1.807, 2.05) is 0 Å². The smallest absolute Gasteiger partial charge is 0.417 e. The number of nitrogens with zero attached hydrogens (tertiary/aromatic N) is 2. The molecule has 0 aliphatic rings. The minimum Gasteiger partial charge on any atom is -0.462 e. The molecule has 0 radical (unpaired) electrons. The van der Waals surface area contributed by atoms with Crippen LogP contribution in [0.25, 0.3) is 11.3 Å². The Bertz CT molecular complexity index is 1060. The van der Waals surface area contributed by atoms with E-state index in [2.05, 4.69) is 4.98 Å². The standard InChI is InChI=1S/C18H17Cl2F3N2O5S/c1-25(10-16(26)30-6-5-29-2)31(27,28)15-7-11(3-4-13(15)19)17-14(20)8-12(9-24-17)18(21,22)23/h3-4,7-9H,5-6,10H2,1-2H3. The number of alkyl halides is 3. The zero-order chi connectivity index (χ0) is 23.4. The van der Waals surface area contributed by atoms with E-state index in [0.29, 0.717) is 12.3 Å². The Labute approximate surface area is 186 Å². The van der Waals surface area contributed by atoms with Gasteiger partial charge in [-0.3, -0.25) is 9.78 Å². The first-order valence-corrected chi connectivity index (χ1v) is 10.7. The monoisotopic (exact) mass is 500 g/mol. The van der Waals surface area contributed by atoms with Crippen molar-refractivity contribution >= 4 is 39.2 Å². The van der Waals surface area contributed by atoms with Gasteiger partial charge in [-0.2, -0.15) is 17.5 Å². The number of methoxy groups -OCH3 is 1. The lowest BCUT2D eigenvalue weighted by Gasteiger charge is -2.18. The fourth-order valence-corrected chi connectivity index (χ4v) is 4.26. The molecule has 0 aliphatic heterocycles. The van der Waals surface area contributed by atoms with Crippen LogP contribution in [0.1, 0.15) is 5.56 Å². The Hall–Kier alpha value is -1.92. The highest BCUT2D eigenvalue weighted by Crippen LogP contribution is 2.36. The van der Waals surface area contributed by atoms with Gasteiger partial charge >= 0.3 is 12.1 Å². The first-order chi connectivity index (χ1) is 14.4. The van der Waals surface area contributed by atoms with E-state index >= 15 is 0 Å². The number of benzene rings is 1. The lowest BCUT2D eigenvalue weighted by molar-refractivity contribution is -0.144.